The number of ketones is 1. The molecule has 0 fully saturated rings. The Labute approximate surface area is 134 Å². The van der Waals surface area contributed by atoms with Gasteiger partial charge in [0.2, 0.25) is 5.78 Å². The summed E-state index contributed by atoms with van der Waals surface area (Å²) in [5.41, 5.74) is 6.74. The van der Waals surface area contributed by atoms with Crippen LogP contribution in [0.25, 0.3) is 0 Å². The Balaban J connectivity index is 1.86. The minimum absolute atomic E-state index is 0.150. The fourth-order valence-corrected chi connectivity index (χ4v) is 3.65. The summed E-state index contributed by atoms with van der Waals surface area (Å²) in [6, 6.07) is 13.0. The van der Waals surface area contributed by atoms with Crippen LogP contribution in [0, 0.1) is 0 Å². The molecule has 0 saturated heterocycles. The molecule has 2 heterocycles. The van der Waals surface area contributed by atoms with Crippen molar-refractivity contribution in [2.24, 2.45) is 0 Å². The lowest BCUT2D eigenvalue weighted by Gasteiger charge is -2.00. The van der Waals surface area contributed by atoms with Gasteiger partial charge in [0.25, 0.3) is 0 Å². The summed E-state index contributed by atoms with van der Waals surface area (Å²) >= 11 is 8.32. The first-order valence-electron chi connectivity index (χ1n) is 6.02. The number of para-hydroxylation sites is 1. The Morgan fingerprint density at radius 3 is 2.57 bits per heavy atom. The Hall–Kier alpha value is -1.89. The number of hydrogen-bond acceptors (Lipinski definition) is 6. The minimum atomic E-state index is -0.150. The molecule has 3 rings (SSSR count). The van der Waals surface area contributed by atoms with Crippen LogP contribution in [0.5, 0.6) is 0 Å². The SMILES string of the molecule is Nc1nc(Nc2ccccc2)sc1C(=O)c1ccc(Cl)s1. The summed E-state index contributed by atoms with van der Waals surface area (Å²) in [5.74, 6) is 0.0796. The van der Waals surface area contributed by atoms with E-state index in [2.05, 4.69) is 10.3 Å². The molecule has 0 saturated carbocycles. The normalized spacial score (nSPS) is 10.5. The predicted octanol–water partition coefficient (Wildman–Crippen LogP) is 4.41. The van der Waals surface area contributed by atoms with E-state index in [4.69, 9.17) is 17.3 Å². The summed E-state index contributed by atoms with van der Waals surface area (Å²) < 4.78 is 0.573. The van der Waals surface area contributed by atoms with Gasteiger partial charge >= 0.3 is 0 Å². The van der Waals surface area contributed by atoms with Gasteiger partial charge in [0.1, 0.15) is 10.7 Å². The van der Waals surface area contributed by atoms with Gasteiger partial charge < -0.3 is 11.1 Å². The number of thiazole rings is 1. The number of nitrogens with two attached hydrogens (primary N) is 1. The van der Waals surface area contributed by atoms with E-state index in [1.807, 2.05) is 30.3 Å². The van der Waals surface area contributed by atoms with Crippen LogP contribution in [0.1, 0.15) is 14.5 Å². The van der Waals surface area contributed by atoms with Crippen LogP contribution in [0.4, 0.5) is 16.6 Å². The van der Waals surface area contributed by atoms with Crippen molar-refractivity contribution in [3.63, 3.8) is 0 Å². The molecule has 0 aliphatic carbocycles. The first kappa shape index (κ1) is 14.1. The summed E-state index contributed by atoms with van der Waals surface area (Å²) in [4.78, 5) is 17.5. The van der Waals surface area contributed by atoms with Crippen molar-refractivity contribution in [1.29, 1.82) is 0 Å². The van der Waals surface area contributed by atoms with Crippen molar-refractivity contribution < 1.29 is 4.79 Å². The van der Waals surface area contributed by atoms with E-state index in [0.717, 1.165) is 5.69 Å². The number of hydrogen-bond donors (Lipinski definition) is 2. The number of halogens is 1. The van der Waals surface area contributed by atoms with Crippen molar-refractivity contribution in [1.82, 2.24) is 4.98 Å². The van der Waals surface area contributed by atoms with Crippen molar-refractivity contribution in [2.45, 2.75) is 0 Å². The molecular weight excluding hydrogens is 326 g/mol. The Bertz CT molecular complexity index is 783. The maximum atomic E-state index is 12.4. The van der Waals surface area contributed by atoms with Gasteiger partial charge in [-0.25, -0.2) is 4.98 Å². The van der Waals surface area contributed by atoms with Gasteiger partial charge in [0.05, 0.1) is 9.21 Å². The molecule has 3 N–H and O–H groups in total. The largest absolute Gasteiger partial charge is 0.382 e. The molecule has 0 aliphatic heterocycles. The number of rotatable bonds is 4. The van der Waals surface area contributed by atoms with E-state index < -0.39 is 0 Å². The molecule has 106 valence electrons. The molecule has 0 bridgehead atoms. The molecule has 0 unspecified atom stereocenters. The maximum Gasteiger partial charge on any atom is 0.216 e. The average Bonchev–Trinajstić information content (AvgIpc) is 3.06. The number of benzene rings is 1. The van der Waals surface area contributed by atoms with Gasteiger partial charge in [0.15, 0.2) is 5.13 Å². The lowest BCUT2D eigenvalue weighted by molar-refractivity contribution is 0.104. The van der Waals surface area contributed by atoms with Crippen molar-refractivity contribution in [3.05, 3.63) is 56.6 Å². The number of nitrogens with one attached hydrogen (secondary N) is 1. The second kappa shape index (κ2) is 5.85. The second-order valence-corrected chi connectivity index (χ2v) is 6.87. The number of aromatic nitrogens is 1. The molecule has 0 radical (unpaired) electrons. The first-order chi connectivity index (χ1) is 10.1. The number of carbonyl (C=O) groups excluding carboxylic acids is 1. The molecule has 0 amide bonds. The topological polar surface area (TPSA) is 68.0 Å². The smallest absolute Gasteiger partial charge is 0.216 e. The molecule has 21 heavy (non-hydrogen) atoms. The van der Waals surface area contributed by atoms with E-state index in [1.165, 1.54) is 22.7 Å². The lowest BCUT2D eigenvalue weighted by Crippen LogP contribution is -2.00. The third-order valence-corrected chi connectivity index (χ3v) is 4.90. The van der Waals surface area contributed by atoms with Crippen LogP contribution in [-0.4, -0.2) is 10.8 Å². The van der Waals surface area contributed by atoms with Gasteiger partial charge in [-0.2, -0.15) is 0 Å². The lowest BCUT2D eigenvalue weighted by atomic mass is 10.3. The summed E-state index contributed by atoms with van der Waals surface area (Å²) in [6.07, 6.45) is 0. The molecular formula is C14H10ClN3OS2. The summed E-state index contributed by atoms with van der Waals surface area (Å²) in [6.45, 7) is 0. The van der Waals surface area contributed by atoms with E-state index in [9.17, 15) is 4.79 Å². The van der Waals surface area contributed by atoms with E-state index in [0.29, 0.717) is 19.2 Å². The standard InChI is InChI=1S/C14H10ClN3OS2/c15-10-7-6-9(20-10)11(19)12-13(16)18-14(21-12)17-8-4-2-1-3-5-8/h1-7H,16H2,(H,17,18). The third-order valence-electron chi connectivity index (χ3n) is 2.68. The van der Waals surface area contributed by atoms with Gasteiger partial charge in [-0.15, -0.1) is 11.3 Å². The van der Waals surface area contributed by atoms with Gasteiger partial charge in [-0.05, 0) is 24.3 Å². The molecule has 0 aliphatic rings. The first-order valence-corrected chi connectivity index (χ1v) is 8.03. The highest BCUT2D eigenvalue weighted by Gasteiger charge is 2.19. The quantitative estimate of drug-likeness (QED) is 0.693. The molecule has 4 nitrogen and oxygen atoms in total. The van der Waals surface area contributed by atoms with Crippen LogP contribution in [0.15, 0.2) is 42.5 Å². The molecule has 0 atom stereocenters. The third kappa shape index (κ3) is 3.07. The number of nitrogens with zero attached hydrogens (tertiary/aromatic N) is 1. The number of nitrogen functional groups attached to an aromatic ring is 1. The maximum absolute atomic E-state index is 12.4. The van der Waals surface area contributed by atoms with E-state index >= 15 is 0 Å². The summed E-state index contributed by atoms with van der Waals surface area (Å²) in [5, 5.41) is 3.72. The molecule has 1 aromatic carbocycles. The fraction of sp³-hybridized carbons (Fsp3) is 0. The molecule has 2 aromatic heterocycles. The highest BCUT2D eigenvalue weighted by molar-refractivity contribution is 7.21. The van der Waals surface area contributed by atoms with Gasteiger partial charge in [-0.1, -0.05) is 41.1 Å². The zero-order valence-electron chi connectivity index (χ0n) is 10.7. The number of thiophene rings is 1. The Kier molecular flexibility index (Phi) is 3.92. The highest BCUT2D eigenvalue weighted by Crippen LogP contribution is 2.32. The minimum Gasteiger partial charge on any atom is -0.382 e. The van der Waals surface area contributed by atoms with Crippen LogP contribution in [0.3, 0.4) is 0 Å². The number of carbonyl (C=O) groups is 1. The molecule has 0 spiro atoms. The van der Waals surface area contributed by atoms with E-state index in [1.54, 1.807) is 12.1 Å². The van der Waals surface area contributed by atoms with E-state index in [-0.39, 0.29) is 11.6 Å². The predicted molar refractivity (Wildman–Crippen MR) is 89.0 cm³/mol. The number of anilines is 3. The van der Waals surface area contributed by atoms with Crippen LogP contribution in [0.2, 0.25) is 4.34 Å². The van der Waals surface area contributed by atoms with Crippen LogP contribution >= 0.6 is 34.3 Å². The monoisotopic (exact) mass is 335 g/mol. The fourth-order valence-electron chi connectivity index (χ4n) is 1.74. The zero-order chi connectivity index (χ0) is 14.8. The van der Waals surface area contributed by atoms with Crippen molar-refractivity contribution >= 4 is 56.7 Å². The second-order valence-electron chi connectivity index (χ2n) is 4.16. The zero-order valence-corrected chi connectivity index (χ0v) is 13.1. The molecule has 7 heteroatoms. The van der Waals surface area contributed by atoms with Crippen molar-refractivity contribution in [3.8, 4) is 0 Å². The Morgan fingerprint density at radius 2 is 1.90 bits per heavy atom. The van der Waals surface area contributed by atoms with Crippen LogP contribution in [-0.2, 0) is 0 Å². The summed E-state index contributed by atoms with van der Waals surface area (Å²) in [7, 11) is 0. The average molecular weight is 336 g/mol. The van der Waals surface area contributed by atoms with Crippen LogP contribution < -0.4 is 11.1 Å². The highest BCUT2D eigenvalue weighted by atomic mass is 35.5. The Morgan fingerprint density at radius 1 is 1.14 bits per heavy atom. The van der Waals surface area contributed by atoms with Gasteiger partial charge in [-0.3, -0.25) is 4.79 Å². The van der Waals surface area contributed by atoms with Crippen molar-refractivity contribution in [2.75, 3.05) is 11.1 Å². The van der Waals surface area contributed by atoms with Gasteiger partial charge in [0, 0.05) is 5.69 Å². The molecule has 3 aromatic rings.